The van der Waals surface area contributed by atoms with Gasteiger partial charge in [0.2, 0.25) is 0 Å². The summed E-state index contributed by atoms with van der Waals surface area (Å²) in [5, 5.41) is 7.25. The SMILES string of the molecule is Cc1ccc(=O)n(C2COCC2NC(=O)c2ccc3nc(C)[nH]c3c2)n1. The van der Waals surface area contributed by atoms with E-state index in [-0.39, 0.29) is 23.6 Å². The standard InChI is InChI=1S/C18H19N5O3/c1-10-3-6-17(24)23(22-10)16-9-26-8-15(16)21-18(25)12-4-5-13-14(7-12)20-11(2)19-13/h3-7,15-16H,8-9H2,1-2H3,(H,19,20)(H,21,25). The molecule has 2 aromatic heterocycles. The van der Waals surface area contributed by atoms with Crippen molar-refractivity contribution in [1.29, 1.82) is 0 Å². The van der Waals surface area contributed by atoms with Crippen molar-refractivity contribution >= 4 is 16.9 Å². The van der Waals surface area contributed by atoms with Gasteiger partial charge in [0.15, 0.2) is 0 Å². The maximum atomic E-state index is 12.7. The van der Waals surface area contributed by atoms with Crippen molar-refractivity contribution in [2.24, 2.45) is 0 Å². The first kappa shape index (κ1) is 16.5. The molecule has 1 fully saturated rings. The van der Waals surface area contributed by atoms with Crippen LogP contribution in [0.25, 0.3) is 11.0 Å². The van der Waals surface area contributed by atoms with Crippen molar-refractivity contribution in [3.8, 4) is 0 Å². The van der Waals surface area contributed by atoms with Gasteiger partial charge in [0, 0.05) is 11.6 Å². The predicted octanol–water partition coefficient (Wildman–Crippen LogP) is 1.11. The number of hydrogen-bond donors (Lipinski definition) is 2. The Bertz CT molecular complexity index is 1040. The smallest absolute Gasteiger partial charge is 0.267 e. The highest BCUT2D eigenvalue weighted by Crippen LogP contribution is 2.19. The number of amides is 1. The van der Waals surface area contributed by atoms with Crippen LogP contribution in [0.1, 0.15) is 27.9 Å². The van der Waals surface area contributed by atoms with E-state index >= 15 is 0 Å². The molecule has 2 unspecified atom stereocenters. The van der Waals surface area contributed by atoms with Gasteiger partial charge in [-0.05, 0) is 38.1 Å². The maximum Gasteiger partial charge on any atom is 0.267 e. The first-order chi connectivity index (χ1) is 12.5. The molecule has 1 saturated heterocycles. The summed E-state index contributed by atoms with van der Waals surface area (Å²) in [6.07, 6.45) is 0. The molecule has 1 aliphatic rings. The predicted molar refractivity (Wildman–Crippen MR) is 95.2 cm³/mol. The topological polar surface area (TPSA) is 102 Å². The molecule has 0 saturated carbocycles. The number of hydrogen-bond acceptors (Lipinski definition) is 5. The molecular weight excluding hydrogens is 334 g/mol. The summed E-state index contributed by atoms with van der Waals surface area (Å²) in [4.78, 5) is 32.3. The van der Waals surface area contributed by atoms with Crippen LogP contribution in [0.3, 0.4) is 0 Å². The third-order valence-corrected chi connectivity index (χ3v) is 4.50. The van der Waals surface area contributed by atoms with Crippen LogP contribution in [0.5, 0.6) is 0 Å². The Morgan fingerprint density at radius 2 is 2.12 bits per heavy atom. The minimum Gasteiger partial charge on any atom is -0.377 e. The summed E-state index contributed by atoms with van der Waals surface area (Å²) in [6.45, 7) is 4.36. The summed E-state index contributed by atoms with van der Waals surface area (Å²) in [5.41, 5.74) is 2.68. The number of aromatic nitrogens is 4. The van der Waals surface area contributed by atoms with Gasteiger partial charge in [0.1, 0.15) is 11.9 Å². The average molecular weight is 353 g/mol. The highest BCUT2D eigenvalue weighted by atomic mass is 16.5. The molecule has 0 aliphatic carbocycles. The van der Waals surface area contributed by atoms with Crippen molar-refractivity contribution in [3.05, 3.63) is 57.8 Å². The molecule has 3 aromatic rings. The van der Waals surface area contributed by atoms with Crippen LogP contribution in [0, 0.1) is 13.8 Å². The number of ether oxygens (including phenoxy) is 1. The van der Waals surface area contributed by atoms with E-state index in [1.807, 2.05) is 19.9 Å². The largest absolute Gasteiger partial charge is 0.377 e. The van der Waals surface area contributed by atoms with Gasteiger partial charge in [0.25, 0.3) is 11.5 Å². The van der Waals surface area contributed by atoms with Gasteiger partial charge in [-0.2, -0.15) is 5.10 Å². The fourth-order valence-electron chi connectivity index (χ4n) is 3.21. The van der Waals surface area contributed by atoms with Gasteiger partial charge >= 0.3 is 0 Å². The van der Waals surface area contributed by atoms with Gasteiger partial charge < -0.3 is 15.0 Å². The molecule has 0 radical (unpaired) electrons. The summed E-state index contributed by atoms with van der Waals surface area (Å²) in [6, 6.07) is 7.81. The summed E-state index contributed by atoms with van der Waals surface area (Å²) >= 11 is 0. The molecule has 1 amide bonds. The Kier molecular flexibility index (Phi) is 4.04. The second-order valence-corrected chi connectivity index (χ2v) is 6.50. The third kappa shape index (κ3) is 2.99. The molecule has 26 heavy (non-hydrogen) atoms. The first-order valence-corrected chi connectivity index (χ1v) is 8.43. The van der Waals surface area contributed by atoms with Crippen LogP contribution in [0.15, 0.2) is 35.1 Å². The Labute approximate surface area is 149 Å². The number of rotatable bonds is 3. The van der Waals surface area contributed by atoms with Crippen LogP contribution in [0.2, 0.25) is 0 Å². The second-order valence-electron chi connectivity index (χ2n) is 6.50. The fraction of sp³-hybridized carbons (Fsp3) is 0.333. The van der Waals surface area contributed by atoms with Crippen LogP contribution in [0.4, 0.5) is 0 Å². The number of imidazole rings is 1. The zero-order chi connectivity index (χ0) is 18.3. The van der Waals surface area contributed by atoms with Crippen LogP contribution < -0.4 is 10.9 Å². The lowest BCUT2D eigenvalue weighted by Crippen LogP contribution is -2.44. The zero-order valence-corrected chi connectivity index (χ0v) is 14.5. The first-order valence-electron chi connectivity index (χ1n) is 8.43. The molecule has 1 aromatic carbocycles. The number of carbonyl (C=O) groups is 1. The maximum absolute atomic E-state index is 12.7. The van der Waals surface area contributed by atoms with Crippen molar-refractivity contribution in [1.82, 2.24) is 25.1 Å². The third-order valence-electron chi connectivity index (χ3n) is 4.50. The lowest BCUT2D eigenvalue weighted by atomic mass is 10.1. The summed E-state index contributed by atoms with van der Waals surface area (Å²) in [5.74, 6) is 0.576. The van der Waals surface area contributed by atoms with Crippen molar-refractivity contribution in [2.45, 2.75) is 25.9 Å². The lowest BCUT2D eigenvalue weighted by molar-refractivity contribution is 0.0924. The number of aryl methyl sites for hydroxylation is 2. The van der Waals surface area contributed by atoms with E-state index in [0.717, 1.165) is 22.6 Å². The second kappa shape index (κ2) is 6.38. The minimum absolute atomic E-state index is 0.209. The molecule has 0 spiro atoms. The Balaban J connectivity index is 1.57. The van der Waals surface area contributed by atoms with Crippen molar-refractivity contribution < 1.29 is 9.53 Å². The van der Waals surface area contributed by atoms with E-state index in [0.29, 0.717) is 18.8 Å². The number of nitrogens with zero attached hydrogens (tertiary/aromatic N) is 3. The number of carbonyl (C=O) groups excluding carboxylic acids is 1. The molecular formula is C18H19N5O3. The van der Waals surface area contributed by atoms with Crippen molar-refractivity contribution in [3.63, 3.8) is 0 Å². The Morgan fingerprint density at radius 3 is 2.96 bits per heavy atom. The molecule has 8 heteroatoms. The minimum atomic E-state index is -0.329. The molecule has 3 heterocycles. The number of fused-ring (bicyclic) bond motifs is 1. The highest BCUT2D eigenvalue weighted by molar-refractivity contribution is 5.97. The normalized spacial score (nSPS) is 19.8. The summed E-state index contributed by atoms with van der Waals surface area (Å²) < 4.78 is 6.90. The molecule has 1 aliphatic heterocycles. The van der Waals surface area contributed by atoms with Gasteiger partial charge in [-0.15, -0.1) is 0 Å². The van der Waals surface area contributed by atoms with Crippen molar-refractivity contribution in [2.75, 3.05) is 13.2 Å². The van der Waals surface area contributed by atoms with Gasteiger partial charge in [-0.25, -0.2) is 9.67 Å². The number of benzene rings is 1. The zero-order valence-electron chi connectivity index (χ0n) is 14.5. The highest BCUT2D eigenvalue weighted by Gasteiger charge is 2.32. The lowest BCUT2D eigenvalue weighted by Gasteiger charge is -2.20. The van der Waals surface area contributed by atoms with E-state index in [9.17, 15) is 9.59 Å². The quantitative estimate of drug-likeness (QED) is 0.734. The van der Waals surface area contributed by atoms with Crippen LogP contribution >= 0.6 is 0 Å². The van der Waals surface area contributed by atoms with E-state index in [4.69, 9.17) is 4.74 Å². The number of aromatic amines is 1. The Hall–Kier alpha value is -3.00. The van der Waals surface area contributed by atoms with Gasteiger partial charge in [-0.3, -0.25) is 9.59 Å². The molecule has 8 nitrogen and oxygen atoms in total. The summed E-state index contributed by atoms with van der Waals surface area (Å²) in [7, 11) is 0. The monoisotopic (exact) mass is 353 g/mol. The molecule has 2 atom stereocenters. The number of H-pyrrole nitrogens is 1. The van der Waals surface area contributed by atoms with E-state index in [1.54, 1.807) is 18.2 Å². The Morgan fingerprint density at radius 1 is 1.27 bits per heavy atom. The van der Waals surface area contributed by atoms with E-state index in [2.05, 4.69) is 20.4 Å². The average Bonchev–Trinajstić information content (AvgIpc) is 3.21. The molecule has 2 N–H and O–H groups in total. The molecule has 4 rings (SSSR count). The number of nitrogens with one attached hydrogen (secondary N) is 2. The van der Waals surface area contributed by atoms with Gasteiger partial charge in [-0.1, -0.05) is 0 Å². The fourth-order valence-corrected chi connectivity index (χ4v) is 3.21. The molecule has 0 bridgehead atoms. The van der Waals surface area contributed by atoms with Crippen LogP contribution in [-0.2, 0) is 4.74 Å². The van der Waals surface area contributed by atoms with Gasteiger partial charge in [0.05, 0.1) is 36.0 Å². The molecule has 134 valence electrons. The van der Waals surface area contributed by atoms with E-state index < -0.39 is 0 Å². The van der Waals surface area contributed by atoms with E-state index in [1.165, 1.54) is 10.7 Å². The van der Waals surface area contributed by atoms with Crippen LogP contribution in [-0.4, -0.2) is 44.9 Å².